The van der Waals surface area contributed by atoms with Crippen molar-refractivity contribution in [1.29, 1.82) is 0 Å². The van der Waals surface area contributed by atoms with Gasteiger partial charge in [0, 0.05) is 20.3 Å². The molecule has 0 aromatic heterocycles. The van der Waals surface area contributed by atoms with E-state index in [2.05, 4.69) is 10.6 Å². The molecule has 0 aromatic rings. The molecule has 3 fully saturated rings. The Bertz CT molecular complexity index is 1050. The molecule has 0 radical (unpaired) electrons. The molecular formula is C25H42N2O19. The van der Waals surface area contributed by atoms with Crippen molar-refractivity contribution >= 4 is 17.8 Å². The van der Waals surface area contributed by atoms with Gasteiger partial charge in [0.1, 0.15) is 67.1 Å². The molecule has 21 heteroatoms. The molecule has 3 aliphatic heterocycles. The topological polar surface area (TPSA) is 344 Å². The maximum atomic E-state index is 12.4. The lowest BCUT2D eigenvalue weighted by molar-refractivity contribution is -0.356. The number of amides is 2. The van der Waals surface area contributed by atoms with Crippen LogP contribution in [0.2, 0.25) is 0 Å². The minimum absolute atomic E-state index is 0.702. The Labute approximate surface area is 260 Å². The quantitative estimate of drug-likeness (QED) is 0.0913. The van der Waals surface area contributed by atoms with Gasteiger partial charge in [0.15, 0.2) is 12.6 Å². The van der Waals surface area contributed by atoms with Crippen molar-refractivity contribution in [2.24, 2.45) is 0 Å². The summed E-state index contributed by atoms with van der Waals surface area (Å²) in [5.74, 6) is -6.15. The third kappa shape index (κ3) is 8.26. The van der Waals surface area contributed by atoms with Gasteiger partial charge < -0.3 is 90.5 Å². The van der Waals surface area contributed by atoms with Crippen LogP contribution in [0.4, 0.5) is 0 Å². The van der Waals surface area contributed by atoms with Gasteiger partial charge in [0.05, 0.1) is 32.0 Å². The minimum Gasteiger partial charge on any atom is -0.477 e. The second-order valence-corrected chi connectivity index (χ2v) is 11.3. The van der Waals surface area contributed by atoms with E-state index in [0.29, 0.717) is 0 Å². The van der Waals surface area contributed by atoms with E-state index in [1.807, 2.05) is 0 Å². The minimum atomic E-state index is -2.85. The van der Waals surface area contributed by atoms with E-state index >= 15 is 0 Å². The molecule has 46 heavy (non-hydrogen) atoms. The Morgan fingerprint density at radius 2 is 1.48 bits per heavy atom. The lowest BCUT2D eigenvalue weighted by Crippen LogP contribution is -2.69. The maximum Gasteiger partial charge on any atom is 0.364 e. The fourth-order valence-corrected chi connectivity index (χ4v) is 5.45. The summed E-state index contributed by atoms with van der Waals surface area (Å²) < 4.78 is 27.2. The summed E-state index contributed by atoms with van der Waals surface area (Å²) in [4.78, 5) is 35.9. The van der Waals surface area contributed by atoms with Crippen LogP contribution in [0.15, 0.2) is 0 Å². The van der Waals surface area contributed by atoms with Gasteiger partial charge in [-0.15, -0.1) is 0 Å². The van der Waals surface area contributed by atoms with Gasteiger partial charge in [-0.3, -0.25) is 9.59 Å². The lowest BCUT2D eigenvalue weighted by atomic mass is 9.88. The number of rotatable bonds is 12. The molecule has 0 aliphatic carbocycles. The Morgan fingerprint density at radius 3 is 2.02 bits per heavy atom. The second-order valence-electron chi connectivity index (χ2n) is 11.3. The SMILES string of the molecule is CC(=O)NC1C(O)OC(CO)C(O)C1OC1OC(COC2(C(=O)O)CC(O)C(NC(C)=O)C([C@@H](O)[C@@H](O)CO)O2)C(O)C(O)C1O. The summed E-state index contributed by atoms with van der Waals surface area (Å²) in [6, 6.07) is -2.98. The van der Waals surface area contributed by atoms with Crippen LogP contribution < -0.4 is 10.6 Å². The van der Waals surface area contributed by atoms with Gasteiger partial charge in [-0.25, -0.2) is 4.79 Å². The molecule has 266 valence electrons. The van der Waals surface area contributed by atoms with Gasteiger partial charge in [-0.2, -0.15) is 0 Å². The molecule has 3 rings (SSSR count). The number of carboxylic acid groups (broad SMARTS) is 1. The van der Waals surface area contributed by atoms with E-state index in [1.165, 1.54) is 0 Å². The zero-order valence-electron chi connectivity index (χ0n) is 24.7. The number of ether oxygens (including phenoxy) is 5. The number of carboxylic acids is 1. The molecule has 0 bridgehead atoms. The number of nitrogens with one attached hydrogen (secondary N) is 2. The molecule has 3 saturated heterocycles. The highest BCUT2D eigenvalue weighted by molar-refractivity contribution is 5.76. The van der Waals surface area contributed by atoms with Crippen LogP contribution in [0.25, 0.3) is 0 Å². The summed E-state index contributed by atoms with van der Waals surface area (Å²) in [6.45, 7) is -0.685. The molecular weight excluding hydrogens is 632 g/mol. The number of carbonyl (C=O) groups is 3. The van der Waals surface area contributed by atoms with Crippen LogP contribution in [0, 0.1) is 0 Å². The normalized spacial score (nSPS) is 42.9. The molecule has 16 atom stereocenters. The Morgan fingerprint density at radius 1 is 0.870 bits per heavy atom. The average Bonchev–Trinajstić information content (AvgIpc) is 2.99. The zero-order chi connectivity index (χ0) is 34.7. The number of carbonyl (C=O) groups excluding carboxylic acids is 2. The van der Waals surface area contributed by atoms with Gasteiger partial charge >= 0.3 is 5.97 Å². The van der Waals surface area contributed by atoms with Crippen molar-refractivity contribution < 1.29 is 94.2 Å². The third-order valence-corrected chi connectivity index (χ3v) is 7.87. The number of aliphatic hydroxyl groups is 10. The fraction of sp³-hybridized carbons (Fsp3) is 0.880. The Balaban J connectivity index is 1.85. The average molecular weight is 675 g/mol. The fourth-order valence-electron chi connectivity index (χ4n) is 5.45. The molecule has 3 aliphatic rings. The van der Waals surface area contributed by atoms with E-state index in [4.69, 9.17) is 23.7 Å². The van der Waals surface area contributed by atoms with Crippen LogP contribution in [0.1, 0.15) is 20.3 Å². The summed E-state index contributed by atoms with van der Waals surface area (Å²) in [7, 11) is 0. The first kappa shape index (κ1) is 38.3. The first-order chi connectivity index (χ1) is 21.5. The highest BCUT2D eigenvalue weighted by Gasteiger charge is 2.57. The van der Waals surface area contributed by atoms with Crippen molar-refractivity contribution in [2.45, 2.75) is 118 Å². The molecule has 14 unspecified atom stereocenters. The van der Waals surface area contributed by atoms with E-state index in [0.717, 1.165) is 13.8 Å². The van der Waals surface area contributed by atoms with E-state index in [9.17, 15) is 70.6 Å². The summed E-state index contributed by atoms with van der Waals surface area (Å²) in [6.07, 6.45) is -25.0. The molecule has 0 spiro atoms. The van der Waals surface area contributed by atoms with Gasteiger partial charge in [-0.05, 0) is 0 Å². The number of hydrogen-bond acceptors (Lipinski definition) is 18. The molecule has 2 amide bonds. The van der Waals surface area contributed by atoms with E-state index in [-0.39, 0.29) is 0 Å². The predicted molar refractivity (Wildman–Crippen MR) is 142 cm³/mol. The Kier molecular flexibility index (Phi) is 13.1. The second kappa shape index (κ2) is 15.8. The zero-order valence-corrected chi connectivity index (χ0v) is 24.7. The summed E-state index contributed by atoms with van der Waals surface area (Å²) in [5.41, 5.74) is 0. The highest BCUT2D eigenvalue weighted by Crippen LogP contribution is 2.35. The van der Waals surface area contributed by atoms with E-state index < -0.39 is 142 Å². The number of aliphatic hydroxyl groups excluding tert-OH is 10. The number of aliphatic carboxylic acids is 1. The smallest absolute Gasteiger partial charge is 0.364 e. The van der Waals surface area contributed by atoms with Crippen LogP contribution in [0.5, 0.6) is 0 Å². The van der Waals surface area contributed by atoms with Crippen molar-refractivity contribution in [3.05, 3.63) is 0 Å². The number of hydrogen-bond donors (Lipinski definition) is 13. The molecule has 0 saturated carbocycles. The van der Waals surface area contributed by atoms with Crippen LogP contribution in [-0.4, -0.2) is 191 Å². The van der Waals surface area contributed by atoms with E-state index in [1.54, 1.807) is 0 Å². The van der Waals surface area contributed by atoms with Crippen molar-refractivity contribution in [3.63, 3.8) is 0 Å². The summed E-state index contributed by atoms with van der Waals surface area (Å²) in [5, 5.41) is 118. The third-order valence-electron chi connectivity index (χ3n) is 7.87. The van der Waals surface area contributed by atoms with Gasteiger partial charge in [-0.1, -0.05) is 0 Å². The highest BCUT2D eigenvalue weighted by atomic mass is 16.8. The maximum absolute atomic E-state index is 12.4. The van der Waals surface area contributed by atoms with Crippen LogP contribution in [0.3, 0.4) is 0 Å². The standard InChI is InChI=1S/C25H42N2O19/c1-7(30)26-13-9(32)3-25(24(40)41,46-21(13)15(34)10(33)4-28)42-6-12-16(35)18(37)19(38)23(44-12)45-20-14(27-8(2)31)22(39)43-11(5-29)17(20)36/h9-23,28-29,32-39H,3-6H2,1-2H3,(H,26,30)(H,27,31)(H,40,41)/t9?,10-,11?,12?,13?,14?,15-,16?,17?,18?,19?,20?,21?,22?,23?,25?/m0/s1. The lowest BCUT2D eigenvalue weighted by Gasteiger charge is -2.48. The van der Waals surface area contributed by atoms with Crippen molar-refractivity contribution in [3.8, 4) is 0 Å². The monoisotopic (exact) mass is 674 g/mol. The van der Waals surface area contributed by atoms with Crippen molar-refractivity contribution in [1.82, 2.24) is 10.6 Å². The predicted octanol–water partition coefficient (Wildman–Crippen LogP) is -8.08. The largest absolute Gasteiger partial charge is 0.477 e. The van der Waals surface area contributed by atoms with Crippen LogP contribution >= 0.6 is 0 Å². The Hall–Kier alpha value is -2.19. The molecule has 3 heterocycles. The first-order valence-corrected chi connectivity index (χ1v) is 14.2. The van der Waals surface area contributed by atoms with Gasteiger partial charge in [0.25, 0.3) is 5.79 Å². The molecule has 21 nitrogen and oxygen atoms in total. The van der Waals surface area contributed by atoms with Gasteiger partial charge in [0.2, 0.25) is 11.8 Å². The van der Waals surface area contributed by atoms with Crippen LogP contribution in [-0.2, 0) is 38.1 Å². The first-order valence-electron chi connectivity index (χ1n) is 14.2. The van der Waals surface area contributed by atoms with Crippen molar-refractivity contribution in [2.75, 3.05) is 19.8 Å². The molecule has 0 aromatic carbocycles. The summed E-state index contributed by atoms with van der Waals surface area (Å²) >= 11 is 0. The molecule has 13 N–H and O–H groups in total.